The molecule has 0 bridgehead atoms. The summed E-state index contributed by atoms with van der Waals surface area (Å²) < 4.78 is 27.1. The van der Waals surface area contributed by atoms with E-state index in [2.05, 4.69) is 10.2 Å². The highest BCUT2D eigenvalue weighted by molar-refractivity contribution is 7.89. The molecular formula is C19H25N3O2S2. The van der Waals surface area contributed by atoms with Gasteiger partial charge in [0, 0.05) is 25.4 Å². The van der Waals surface area contributed by atoms with E-state index in [1.54, 1.807) is 39.9 Å². The third-order valence-electron chi connectivity index (χ3n) is 5.60. The third-order valence-corrected chi connectivity index (χ3v) is 8.63. The van der Waals surface area contributed by atoms with Crippen LogP contribution in [0, 0.1) is 5.92 Å². The van der Waals surface area contributed by atoms with Gasteiger partial charge in [0.2, 0.25) is 10.0 Å². The first-order valence-electron chi connectivity index (χ1n) is 9.50. The van der Waals surface area contributed by atoms with Gasteiger partial charge in [0.05, 0.1) is 4.90 Å². The van der Waals surface area contributed by atoms with Crippen molar-refractivity contribution in [3.63, 3.8) is 0 Å². The van der Waals surface area contributed by atoms with E-state index in [-0.39, 0.29) is 0 Å². The van der Waals surface area contributed by atoms with Crippen molar-refractivity contribution < 1.29 is 8.42 Å². The molecule has 7 heteroatoms. The van der Waals surface area contributed by atoms with Crippen LogP contribution < -0.4 is 0 Å². The Kier molecular flexibility index (Phi) is 5.38. The average Bonchev–Trinajstić information content (AvgIpc) is 3.35. The van der Waals surface area contributed by atoms with Crippen molar-refractivity contribution in [1.29, 1.82) is 0 Å². The van der Waals surface area contributed by atoms with Gasteiger partial charge in [-0.3, -0.25) is 0 Å². The first-order valence-corrected chi connectivity index (χ1v) is 11.8. The van der Waals surface area contributed by atoms with Crippen molar-refractivity contribution in [1.82, 2.24) is 14.5 Å². The predicted octanol–water partition coefficient (Wildman–Crippen LogP) is 3.84. The van der Waals surface area contributed by atoms with Crippen LogP contribution in [0.25, 0.3) is 0 Å². The number of piperidine rings is 1. The summed E-state index contributed by atoms with van der Waals surface area (Å²) in [5.74, 6) is 1.13. The lowest BCUT2D eigenvalue weighted by molar-refractivity contribution is 0.318. The summed E-state index contributed by atoms with van der Waals surface area (Å²) in [7, 11) is -3.38. The van der Waals surface area contributed by atoms with Gasteiger partial charge in [-0.05, 0) is 30.9 Å². The minimum Gasteiger partial charge on any atom is -0.207 e. The Morgan fingerprint density at radius 3 is 2.38 bits per heavy atom. The molecule has 2 heterocycles. The zero-order valence-corrected chi connectivity index (χ0v) is 16.5. The summed E-state index contributed by atoms with van der Waals surface area (Å²) in [6, 6.07) is 8.71. The van der Waals surface area contributed by atoms with E-state index in [0.29, 0.717) is 23.9 Å². The smallest absolute Gasteiger partial charge is 0.207 e. The Bertz CT molecular complexity index is 821. The molecule has 1 aliphatic heterocycles. The molecule has 2 aromatic rings. The lowest BCUT2D eigenvalue weighted by atomic mass is 9.99. The standard InChI is InChI=1S/C19H25N3O2S2/c23-26(24,17-8-2-1-3-9-17)22-12-10-16(11-13-22)19-21-20-18(25-19)14-15-6-4-5-7-15/h1-3,8-9,15-16H,4-7,10-14H2. The maximum Gasteiger partial charge on any atom is 0.243 e. The molecule has 1 aliphatic carbocycles. The Balaban J connectivity index is 1.37. The number of rotatable bonds is 5. The third kappa shape index (κ3) is 3.85. The molecule has 0 radical (unpaired) electrons. The average molecular weight is 392 g/mol. The summed E-state index contributed by atoms with van der Waals surface area (Å²) in [6.45, 7) is 1.11. The second-order valence-electron chi connectivity index (χ2n) is 7.38. The second kappa shape index (κ2) is 7.74. The highest BCUT2D eigenvalue weighted by atomic mass is 32.2. The number of benzene rings is 1. The van der Waals surface area contributed by atoms with Gasteiger partial charge in [0.1, 0.15) is 10.0 Å². The molecule has 0 amide bonds. The van der Waals surface area contributed by atoms with Gasteiger partial charge in [0.25, 0.3) is 0 Å². The number of hydrogen-bond acceptors (Lipinski definition) is 5. The van der Waals surface area contributed by atoms with Gasteiger partial charge in [-0.15, -0.1) is 21.5 Å². The number of sulfonamides is 1. The predicted molar refractivity (Wildman–Crippen MR) is 103 cm³/mol. The minimum atomic E-state index is -3.38. The maximum absolute atomic E-state index is 12.7. The van der Waals surface area contributed by atoms with Crippen LogP contribution in [-0.4, -0.2) is 36.0 Å². The van der Waals surface area contributed by atoms with Crippen LogP contribution in [0.15, 0.2) is 35.2 Å². The summed E-state index contributed by atoms with van der Waals surface area (Å²) in [4.78, 5) is 0.383. The van der Waals surface area contributed by atoms with Gasteiger partial charge in [-0.2, -0.15) is 4.31 Å². The molecule has 0 N–H and O–H groups in total. The van der Waals surface area contributed by atoms with Gasteiger partial charge in [-0.25, -0.2) is 8.42 Å². The molecule has 26 heavy (non-hydrogen) atoms. The zero-order chi connectivity index (χ0) is 18.0. The van der Waals surface area contributed by atoms with Gasteiger partial charge < -0.3 is 0 Å². The SMILES string of the molecule is O=S(=O)(c1ccccc1)N1CCC(c2nnc(CC3CCCC3)s2)CC1. The lowest BCUT2D eigenvalue weighted by Crippen LogP contribution is -2.37. The van der Waals surface area contributed by atoms with Gasteiger partial charge in [0.15, 0.2) is 0 Å². The van der Waals surface area contributed by atoms with Crippen molar-refractivity contribution in [2.45, 2.75) is 55.8 Å². The molecule has 140 valence electrons. The molecule has 0 unspecified atom stereocenters. The van der Waals surface area contributed by atoms with Crippen molar-refractivity contribution in [2.75, 3.05) is 13.1 Å². The molecule has 0 spiro atoms. The molecule has 0 atom stereocenters. The number of hydrogen-bond donors (Lipinski definition) is 0. The van der Waals surface area contributed by atoms with Crippen LogP contribution >= 0.6 is 11.3 Å². The summed E-state index contributed by atoms with van der Waals surface area (Å²) in [5.41, 5.74) is 0. The van der Waals surface area contributed by atoms with E-state index in [4.69, 9.17) is 0 Å². The molecule has 4 rings (SSSR count). The van der Waals surface area contributed by atoms with E-state index in [1.165, 1.54) is 25.7 Å². The van der Waals surface area contributed by atoms with Crippen LogP contribution in [0.1, 0.15) is 54.5 Å². The fourth-order valence-corrected chi connectivity index (χ4v) is 6.68. The van der Waals surface area contributed by atoms with Crippen molar-refractivity contribution >= 4 is 21.4 Å². The van der Waals surface area contributed by atoms with Gasteiger partial charge >= 0.3 is 0 Å². The molecule has 1 aromatic carbocycles. The van der Waals surface area contributed by atoms with Crippen molar-refractivity contribution in [3.8, 4) is 0 Å². The summed E-state index contributed by atoms with van der Waals surface area (Å²) in [5, 5.41) is 11.1. The molecule has 1 aromatic heterocycles. The van der Waals surface area contributed by atoms with E-state index in [1.807, 2.05) is 6.07 Å². The van der Waals surface area contributed by atoms with Crippen molar-refractivity contribution in [3.05, 3.63) is 40.3 Å². The van der Waals surface area contributed by atoms with Crippen LogP contribution in [0.2, 0.25) is 0 Å². The monoisotopic (exact) mass is 391 g/mol. The minimum absolute atomic E-state index is 0.340. The largest absolute Gasteiger partial charge is 0.243 e. The Hall–Kier alpha value is -1.31. The highest BCUT2D eigenvalue weighted by Gasteiger charge is 2.31. The molecular weight excluding hydrogens is 366 g/mol. The molecule has 5 nitrogen and oxygen atoms in total. The van der Waals surface area contributed by atoms with Crippen molar-refractivity contribution in [2.24, 2.45) is 5.92 Å². The molecule has 2 aliphatic rings. The van der Waals surface area contributed by atoms with Crippen LogP contribution in [0.3, 0.4) is 0 Å². The Morgan fingerprint density at radius 2 is 1.69 bits per heavy atom. The Morgan fingerprint density at radius 1 is 1.00 bits per heavy atom. The number of aromatic nitrogens is 2. The maximum atomic E-state index is 12.7. The van der Waals surface area contributed by atoms with E-state index >= 15 is 0 Å². The fraction of sp³-hybridized carbons (Fsp3) is 0.579. The normalized spacial score (nSPS) is 20.6. The Labute approximate surface area is 159 Å². The topological polar surface area (TPSA) is 63.2 Å². The summed E-state index contributed by atoms with van der Waals surface area (Å²) >= 11 is 1.74. The molecule has 2 fully saturated rings. The first kappa shape index (κ1) is 18.1. The lowest BCUT2D eigenvalue weighted by Gasteiger charge is -2.30. The molecule has 1 saturated carbocycles. The first-order chi connectivity index (χ1) is 12.6. The quantitative estimate of drug-likeness (QED) is 0.777. The van der Waals surface area contributed by atoms with Crippen LogP contribution in [0.4, 0.5) is 0 Å². The van der Waals surface area contributed by atoms with Crippen LogP contribution in [0.5, 0.6) is 0 Å². The zero-order valence-electron chi connectivity index (χ0n) is 14.9. The fourth-order valence-electron chi connectivity index (χ4n) is 4.06. The van der Waals surface area contributed by atoms with E-state index < -0.39 is 10.0 Å². The second-order valence-corrected chi connectivity index (χ2v) is 10.4. The van der Waals surface area contributed by atoms with Crippen LogP contribution in [-0.2, 0) is 16.4 Å². The molecule has 1 saturated heterocycles. The van der Waals surface area contributed by atoms with E-state index in [9.17, 15) is 8.42 Å². The highest BCUT2D eigenvalue weighted by Crippen LogP contribution is 2.34. The summed E-state index contributed by atoms with van der Waals surface area (Å²) in [6.07, 6.45) is 8.07. The van der Waals surface area contributed by atoms with Gasteiger partial charge in [-0.1, -0.05) is 43.9 Å². The van der Waals surface area contributed by atoms with E-state index in [0.717, 1.165) is 35.2 Å². The number of nitrogens with zero attached hydrogens (tertiary/aromatic N) is 3.